The average molecular weight is 2100 g/mol. The molecule has 6 aromatic rings. The fraction of sp³-hybridized carbons (Fsp3) is 0.373. The zero-order valence-electron chi connectivity index (χ0n) is 62.5. The number of carbonyl (C=O) groups is 6. The zero-order valence-corrected chi connectivity index (χ0v) is 88.0. The van der Waals surface area contributed by atoms with Gasteiger partial charge in [-0.3, -0.25) is 14.4 Å². The molecule has 565 valence electrons. The number of hydrogen-bond acceptors (Lipinski definition) is 27. The quantitative estimate of drug-likeness (QED) is 0.00492. The van der Waals surface area contributed by atoms with E-state index in [1.54, 1.807) is 199 Å². The molecule has 0 spiro atoms. The molecule has 35 heteroatoms. The molecule has 1 aliphatic heterocycles. The van der Waals surface area contributed by atoms with E-state index >= 15 is 0 Å². The van der Waals surface area contributed by atoms with E-state index in [4.69, 9.17) is 73.3 Å². The van der Waals surface area contributed by atoms with E-state index in [1.807, 2.05) is 72.8 Å². The third kappa shape index (κ3) is 58.9. The Morgan fingerprint density at radius 2 is 0.725 bits per heavy atom. The Balaban J connectivity index is -0.0000000564. The monoisotopic (exact) mass is 2100 g/mol. The van der Waals surface area contributed by atoms with Gasteiger partial charge in [-0.05, 0) is 248 Å². The Morgan fingerprint density at radius 1 is 0.510 bits per heavy atom. The van der Waals surface area contributed by atoms with Gasteiger partial charge in [-0.15, -0.1) is 25.3 Å². The number of phenols is 3. The van der Waals surface area contributed by atoms with Crippen LogP contribution in [0.15, 0.2) is 175 Å². The van der Waals surface area contributed by atoms with E-state index in [0.29, 0.717) is 49.8 Å². The first-order valence-electron chi connectivity index (χ1n) is 29.2. The summed E-state index contributed by atoms with van der Waals surface area (Å²) in [4.78, 5) is 74.8. The summed E-state index contributed by atoms with van der Waals surface area (Å²) in [5.41, 5.74) is -3.08. The molecule has 1 heterocycles. The van der Waals surface area contributed by atoms with Crippen molar-refractivity contribution in [2.45, 2.75) is 159 Å². The van der Waals surface area contributed by atoms with Crippen LogP contribution in [0.2, 0.25) is 0 Å². The number of ether oxygens (including phenoxy) is 8. The van der Waals surface area contributed by atoms with Gasteiger partial charge in [-0.2, -0.15) is 0 Å². The minimum Gasteiger partial charge on any atom is -1.00 e. The van der Waals surface area contributed by atoms with Gasteiger partial charge in [0.25, 0.3) is 12.9 Å². The first-order chi connectivity index (χ1) is 45.8. The first kappa shape index (κ1) is 116. The molecule has 1 unspecified atom stereocenters. The van der Waals surface area contributed by atoms with Gasteiger partial charge in [0.05, 0.1) is 32.5 Å². The molecular formula is C67H107BBrCs2I2Na2O21S6. The maximum atomic E-state index is 12.0. The van der Waals surface area contributed by atoms with Crippen molar-refractivity contribution in [2.24, 2.45) is 0 Å². The summed E-state index contributed by atoms with van der Waals surface area (Å²) in [7, 11) is 6.42. The molecule has 21 nitrogen and oxygen atoms in total. The predicted molar refractivity (Wildman–Crippen MR) is 431 cm³/mol. The number of phenolic OH excluding ortho intramolecular Hbond substituents is 3. The average Bonchev–Trinajstić information content (AvgIpc) is 0.901. The number of halogens is 3. The summed E-state index contributed by atoms with van der Waals surface area (Å²) in [6.07, 6.45) is 3.08. The van der Waals surface area contributed by atoms with Gasteiger partial charge in [0.2, 0.25) is 0 Å². The van der Waals surface area contributed by atoms with E-state index in [1.165, 1.54) is 12.8 Å². The van der Waals surface area contributed by atoms with Crippen LogP contribution >= 0.6 is 122 Å². The van der Waals surface area contributed by atoms with Crippen molar-refractivity contribution in [1.82, 2.24) is 0 Å². The van der Waals surface area contributed by atoms with Gasteiger partial charge in [-0.1, -0.05) is 59.1 Å². The fourth-order valence-corrected chi connectivity index (χ4v) is 10.5. The van der Waals surface area contributed by atoms with Crippen molar-refractivity contribution in [1.29, 1.82) is 0 Å². The number of esters is 4. The molecule has 102 heavy (non-hydrogen) atoms. The maximum absolute atomic E-state index is 12.0. The maximum Gasteiger partial charge on any atom is 1.00 e. The van der Waals surface area contributed by atoms with Crippen LogP contribution in [0, 0.1) is 0 Å². The molecule has 7 rings (SSSR count). The van der Waals surface area contributed by atoms with Crippen molar-refractivity contribution >= 4 is 167 Å². The molecule has 1 fully saturated rings. The number of thiol groups is 2. The van der Waals surface area contributed by atoms with Crippen LogP contribution in [0.25, 0.3) is 0 Å². The fourth-order valence-electron chi connectivity index (χ4n) is 6.25. The third-order valence-electron chi connectivity index (χ3n) is 10.9. The summed E-state index contributed by atoms with van der Waals surface area (Å²) in [6, 6.07) is 43.0. The van der Waals surface area contributed by atoms with Crippen LogP contribution in [0.3, 0.4) is 0 Å². The molecule has 0 bridgehead atoms. The molecule has 1 aliphatic rings. The van der Waals surface area contributed by atoms with Gasteiger partial charge < -0.3 is 76.4 Å². The Morgan fingerprint density at radius 3 is 0.902 bits per heavy atom. The third-order valence-corrected chi connectivity index (χ3v) is 16.6. The van der Waals surface area contributed by atoms with Gasteiger partial charge in [-0.25, -0.2) is 14.4 Å². The minimum absolute atomic E-state index is 0. The van der Waals surface area contributed by atoms with Crippen LogP contribution in [0.4, 0.5) is 0 Å². The van der Waals surface area contributed by atoms with Gasteiger partial charge in [0.1, 0.15) is 38.8 Å². The van der Waals surface area contributed by atoms with Crippen LogP contribution in [0.1, 0.15) is 120 Å². The second-order valence-electron chi connectivity index (χ2n) is 20.7. The Kier molecular flexibility index (Phi) is 78.5. The molecule has 1 saturated heterocycles. The topological polar surface area (TPSA) is 302 Å². The largest absolute Gasteiger partial charge is 1.00 e. The van der Waals surface area contributed by atoms with E-state index < -0.39 is 33.1 Å². The molecule has 0 aliphatic carbocycles. The SMILES string of the molecule is CC1CCCO1.CCOC(=O)C(C)(C)Br.CCOC(=O)C(C)(C)Oc1ccc(S)cc1.CCOC(=O)C(C)(C)Oc1ccc(SSc2ccc(OC(C)(C)C(=O)OCC)cc2)cc1.II.O=CO[O-].O=CO[O-].Oc1ccc(S)cc1.Oc1ccc(SSc2ccc(O)cc2)cc1.[B].[Cs+].[Cs+].[H-].[H-].[HH].[HH].[HH].[HH].[HH].[HH].[HH].[HH].[HH].[HH].[Na+].[Na+]. The van der Waals surface area contributed by atoms with Crippen molar-refractivity contribution in [3.63, 3.8) is 0 Å². The molecule has 0 saturated carbocycles. The van der Waals surface area contributed by atoms with Crippen molar-refractivity contribution in [2.75, 3.05) is 33.0 Å². The summed E-state index contributed by atoms with van der Waals surface area (Å²) >= 11 is 15.6. The second kappa shape index (κ2) is 68.8. The number of rotatable bonds is 22. The van der Waals surface area contributed by atoms with Crippen molar-refractivity contribution in [3.05, 3.63) is 146 Å². The molecule has 6 aromatic carbocycles. The van der Waals surface area contributed by atoms with Gasteiger partial charge in [0.15, 0.2) is 16.8 Å². The summed E-state index contributed by atoms with van der Waals surface area (Å²) < 4.78 is 41.5. The van der Waals surface area contributed by atoms with Crippen molar-refractivity contribution in [3.8, 4) is 34.5 Å². The molecule has 0 amide bonds. The minimum atomic E-state index is -1.05. The Labute approximate surface area is 841 Å². The summed E-state index contributed by atoms with van der Waals surface area (Å²) in [5, 5.41) is 43.8. The van der Waals surface area contributed by atoms with E-state index in [2.05, 4.69) is 95.1 Å². The Hall–Kier alpha value is 1.03. The standard InChI is InChI=1S/C24H30O6S2.C12H16O3S.C12H10O2S2.C6H11BrO2.C6H6OS.C5H10O.2CH2O3.B.2Cs.I2.2Na.10H2.2H/c1-7-27-21(25)23(3,4)29-17-9-13-19(14-10-17)31-32-20-15-11-18(12-16-20)30-24(5,6)22(26)28-8-2;1-4-14-11(13)12(2,3)15-9-5-7-10(16)8-6-9;13-9-1-5-11(6-2-9)15-16-12-7-3-10(14)4-8-12;1-4-9-5(8)6(2,3)7;7-5-1-3-6(8)4-2-5;1-5-3-2-4-6-5;2*2-1-4-3;;;;1-2;;;;;;;;;;;;;;/h9-16H,7-8H2,1-6H3;5-8,16H,4H2,1-3H3;1-8,13-14H;4H2,1-3H3;1-4,7-8H;5H,2-4H2,1H3;2*1,3H;;;;;;;10*1H;;/q;;;;;;;;;2*+1;;2*+1;;;;;;;;;;;2*-1/p-2. The normalized spacial score (nSPS) is 11.2. The zero-order chi connectivity index (χ0) is 74.0. The Bertz CT molecular complexity index is 3030. The van der Waals surface area contributed by atoms with E-state index in [9.17, 15) is 19.2 Å². The molecule has 3 N–H and O–H groups in total. The summed E-state index contributed by atoms with van der Waals surface area (Å²) in [5.74, 6) is 1.27. The first-order valence-corrected chi connectivity index (χ1v) is 41.4. The molecular weight excluding hydrogens is 1990 g/mol. The van der Waals surface area contributed by atoms with Gasteiger partial charge >= 0.3 is 221 Å². The smallest absolute Gasteiger partial charge is 1.00 e. The molecule has 3 radical (unpaired) electrons. The number of carbonyl (C=O) groups excluding carboxylic acids is 6. The number of hydrogen-bond donors (Lipinski definition) is 5. The van der Waals surface area contributed by atoms with Crippen LogP contribution in [0.5, 0.6) is 34.5 Å². The van der Waals surface area contributed by atoms with Crippen LogP contribution in [-0.4, -0.2) is 121 Å². The number of benzene rings is 6. The molecule has 0 aromatic heterocycles. The van der Waals surface area contributed by atoms with E-state index in [-0.39, 0.29) is 265 Å². The van der Waals surface area contributed by atoms with E-state index in [0.717, 1.165) is 36.0 Å². The molecule has 1 atom stereocenters. The van der Waals surface area contributed by atoms with Crippen LogP contribution in [-0.2, 0) is 62.2 Å². The number of alkyl halides is 1. The van der Waals surface area contributed by atoms with Crippen LogP contribution < -0.4 is 222 Å². The van der Waals surface area contributed by atoms with Gasteiger partial charge in [0, 0.05) is 95.9 Å². The predicted octanol–water partition coefficient (Wildman–Crippen LogP) is 6.07. The second-order valence-corrected chi connectivity index (χ2v) is 28.2. The van der Waals surface area contributed by atoms with Crippen molar-refractivity contribution < 1.29 is 316 Å². The number of aromatic hydroxyl groups is 3. The summed E-state index contributed by atoms with van der Waals surface area (Å²) in [6.45, 7) is 24.9.